The van der Waals surface area contributed by atoms with E-state index in [0.29, 0.717) is 13.0 Å². The van der Waals surface area contributed by atoms with Crippen molar-refractivity contribution < 1.29 is 9.84 Å². The Bertz CT molecular complexity index is 148. The fourth-order valence-corrected chi connectivity index (χ4v) is 2.10. The van der Waals surface area contributed by atoms with E-state index in [9.17, 15) is 5.11 Å². The number of aliphatic hydroxyl groups is 1. The van der Waals surface area contributed by atoms with Gasteiger partial charge in [-0.05, 0) is 12.8 Å². The van der Waals surface area contributed by atoms with E-state index in [4.69, 9.17) is 4.74 Å². The standard InChI is InChI=1S/C16H34O2/c1-3-5-6-7-8-9-10-11-12-13-14-15-18-16(17)4-2/h16-17H,3-15H2,1-2H3. The van der Waals surface area contributed by atoms with E-state index < -0.39 is 6.29 Å². The molecule has 0 heterocycles. The maximum atomic E-state index is 9.20. The van der Waals surface area contributed by atoms with Crippen molar-refractivity contribution in [3.05, 3.63) is 0 Å². The molecule has 110 valence electrons. The summed E-state index contributed by atoms with van der Waals surface area (Å²) in [6, 6.07) is 0. The van der Waals surface area contributed by atoms with Crippen LogP contribution in [0, 0.1) is 0 Å². The van der Waals surface area contributed by atoms with Crippen molar-refractivity contribution in [2.75, 3.05) is 6.61 Å². The van der Waals surface area contributed by atoms with Gasteiger partial charge in [0, 0.05) is 6.61 Å². The fourth-order valence-electron chi connectivity index (χ4n) is 2.10. The molecule has 0 aromatic carbocycles. The zero-order valence-corrected chi connectivity index (χ0v) is 12.6. The van der Waals surface area contributed by atoms with Gasteiger partial charge in [-0.3, -0.25) is 0 Å². The van der Waals surface area contributed by atoms with Crippen LogP contribution < -0.4 is 0 Å². The third-order valence-corrected chi connectivity index (χ3v) is 3.41. The maximum Gasteiger partial charge on any atom is 0.154 e. The van der Waals surface area contributed by atoms with Gasteiger partial charge in [0.05, 0.1) is 0 Å². The molecule has 0 saturated heterocycles. The van der Waals surface area contributed by atoms with Gasteiger partial charge in [0.25, 0.3) is 0 Å². The second-order valence-electron chi connectivity index (χ2n) is 5.27. The van der Waals surface area contributed by atoms with Gasteiger partial charge in [0.15, 0.2) is 6.29 Å². The number of hydrogen-bond donors (Lipinski definition) is 1. The van der Waals surface area contributed by atoms with Crippen LogP contribution in [0.25, 0.3) is 0 Å². The number of aliphatic hydroxyl groups excluding tert-OH is 1. The lowest BCUT2D eigenvalue weighted by Crippen LogP contribution is -2.10. The normalized spacial score (nSPS) is 12.8. The minimum absolute atomic E-state index is 0.548. The molecule has 0 saturated carbocycles. The molecule has 0 aliphatic rings. The molecule has 2 heteroatoms. The van der Waals surface area contributed by atoms with E-state index in [-0.39, 0.29) is 0 Å². The Balaban J connectivity index is 2.94. The molecular weight excluding hydrogens is 224 g/mol. The summed E-state index contributed by atoms with van der Waals surface area (Å²) >= 11 is 0. The van der Waals surface area contributed by atoms with Gasteiger partial charge in [0.2, 0.25) is 0 Å². The van der Waals surface area contributed by atoms with E-state index in [1.807, 2.05) is 6.92 Å². The van der Waals surface area contributed by atoms with Crippen molar-refractivity contribution in [1.29, 1.82) is 0 Å². The van der Waals surface area contributed by atoms with Crippen LogP contribution in [0.1, 0.15) is 90.9 Å². The van der Waals surface area contributed by atoms with E-state index >= 15 is 0 Å². The van der Waals surface area contributed by atoms with Gasteiger partial charge in [-0.2, -0.15) is 0 Å². The monoisotopic (exact) mass is 258 g/mol. The second kappa shape index (κ2) is 15.0. The van der Waals surface area contributed by atoms with E-state index in [0.717, 1.165) is 6.42 Å². The first-order valence-corrected chi connectivity index (χ1v) is 8.11. The van der Waals surface area contributed by atoms with Crippen LogP contribution in [-0.2, 0) is 4.74 Å². The molecule has 0 bridgehead atoms. The predicted molar refractivity (Wildman–Crippen MR) is 78.7 cm³/mol. The molecule has 0 aliphatic heterocycles. The highest BCUT2D eigenvalue weighted by Crippen LogP contribution is 2.11. The molecule has 1 unspecified atom stereocenters. The van der Waals surface area contributed by atoms with Crippen LogP contribution >= 0.6 is 0 Å². The van der Waals surface area contributed by atoms with E-state index in [2.05, 4.69) is 6.92 Å². The summed E-state index contributed by atoms with van der Waals surface area (Å²) in [6.45, 7) is 4.92. The van der Waals surface area contributed by atoms with Crippen LogP contribution in [0.5, 0.6) is 0 Å². The molecule has 0 spiro atoms. The summed E-state index contributed by atoms with van der Waals surface area (Å²) in [5.74, 6) is 0. The Morgan fingerprint density at radius 2 is 1.17 bits per heavy atom. The van der Waals surface area contributed by atoms with Crippen LogP contribution in [0.2, 0.25) is 0 Å². The van der Waals surface area contributed by atoms with Gasteiger partial charge >= 0.3 is 0 Å². The first-order valence-electron chi connectivity index (χ1n) is 8.11. The van der Waals surface area contributed by atoms with Crippen LogP contribution in [-0.4, -0.2) is 18.0 Å². The largest absolute Gasteiger partial charge is 0.368 e. The molecule has 18 heavy (non-hydrogen) atoms. The highest BCUT2D eigenvalue weighted by atomic mass is 16.6. The molecule has 0 aliphatic carbocycles. The Labute approximate surface area is 114 Å². The zero-order chi connectivity index (χ0) is 13.5. The summed E-state index contributed by atoms with van der Waals surface area (Å²) in [5.41, 5.74) is 0. The van der Waals surface area contributed by atoms with Gasteiger partial charge in [-0.1, -0.05) is 78.1 Å². The number of hydrogen-bond acceptors (Lipinski definition) is 2. The predicted octanol–water partition coefficient (Wildman–Crippen LogP) is 5.04. The maximum absolute atomic E-state index is 9.20. The molecule has 1 atom stereocenters. The van der Waals surface area contributed by atoms with Crippen molar-refractivity contribution in [2.45, 2.75) is 97.2 Å². The molecule has 2 nitrogen and oxygen atoms in total. The van der Waals surface area contributed by atoms with Gasteiger partial charge in [-0.25, -0.2) is 0 Å². The minimum atomic E-state index is -0.548. The van der Waals surface area contributed by atoms with Gasteiger partial charge in [-0.15, -0.1) is 0 Å². The lowest BCUT2D eigenvalue weighted by Gasteiger charge is -2.08. The number of ether oxygens (including phenoxy) is 1. The molecule has 0 aromatic heterocycles. The summed E-state index contributed by atoms with van der Waals surface area (Å²) in [4.78, 5) is 0. The first kappa shape index (κ1) is 17.9. The zero-order valence-electron chi connectivity index (χ0n) is 12.6. The minimum Gasteiger partial charge on any atom is -0.368 e. The highest BCUT2D eigenvalue weighted by Gasteiger charge is 1.98. The van der Waals surface area contributed by atoms with Crippen LogP contribution in [0.3, 0.4) is 0 Å². The number of rotatable bonds is 14. The van der Waals surface area contributed by atoms with Crippen LogP contribution in [0.4, 0.5) is 0 Å². The highest BCUT2D eigenvalue weighted by molar-refractivity contribution is 4.48. The van der Waals surface area contributed by atoms with Crippen molar-refractivity contribution in [2.24, 2.45) is 0 Å². The van der Waals surface area contributed by atoms with Gasteiger partial charge < -0.3 is 9.84 Å². The van der Waals surface area contributed by atoms with Crippen LogP contribution in [0.15, 0.2) is 0 Å². The Morgan fingerprint density at radius 3 is 1.61 bits per heavy atom. The average molecular weight is 258 g/mol. The van der Waals surface area contributed by atoms with Crippen molar-refractivity contribution in [3.8, 4) is 0 Å². The fraction of sp³-hybridized carbons (Fsp3) is 1.00. The SMILES string of the molecule is CCCCCCCCCCCCCOC(O)CC. The first-order chi connectivity index (χ1) is 8.81. The topological polar surface area (TPSA) is 29.5 Å². The van der Waals surface area contributed by atoms with Crippen molar-refractivity contribution in [3.63, 3.8) is 0 Å². The lowest BCUT2D eigenvalue weighted by atomic mass is 10.1. The lowest BCUT2D eigenvalue weighted by molar-refractivity contribution is -0.101. The number of unbranched alkanes of at least 4 members (excludes halogenated alkanes) is 10. The summed E-state index contributed by atoms with van der Waals surface area (Å²) < 4.78 is 5.23. The van der Waals surface area contributed by atoms with Crippen molar-refractivity contribution in [1.82, 2.24) is 0 Å². The molecule has 0 rings (SSSR count). The molecular formula is C16H34O2. The molecule has 0 fully saturated rings. The Hall–Kier alpha value is -0.0800. The van der Waals surface area contributed by atoms with Gasteiger partial charge in [0.1, 0.15) is 0 Å². The van der Waals surface area contributed by atoms with Crippen molar-refractivity contribution >= 4 is 0 Å². The average Bonchev–Trinajstić information content (AvgIpc) is 2.39. The van der Waals surface area contributed by atoms with E-state index in [1.165, 1.54) is 64.2 Å². The molecule has 1 N–H and O–H groups in total. The third-order valence-electron chi connectivity index (χ3n) is 3.41. The molecule has 0 radical (unpaired) electrons. The third kappa shape index (κ3) is 14.0. The van der Waals surface area contributed by atoms with E-state index in [1.54, 1.807) is 0 Å². The summed E-state index contributed by atoms with van der Waals surface area (Å²) in [5, 5.41) is 9.20. The molecule has 0 amide bonds. The summed E-state index contributed by atoms with van der Waals surface area (Å²) in [6.07, 6.45) is 15.0. The molecule has 0 aromatic rings. The smallest absolute Gasteiger partial charge is 0.154 e. The Morgan fingerprint density at radius 1 is 0.722 bits per heavy atom. The second-order valence-corrected chi connectivity index (χ2v) is 5.27. The quantitative estimate of drug-likeness (QED) is 0.349. The summed E-state index contributed by atoms with van der Waals surface area (Å²) in [7, 11) is 0. The Kier molecular flexibility index (Phi) is 14.9.